The molecule has 0 amide bonds. The van der Waals surface area contributed by atoms with Crippen LogP contribution in [0.2, 0.25) is 0 Å². The molecule has 0 unspecified atom stereocenters. The highest BCUT2D eigenvalue weighted by Crippen LogP contribution is 2.58. The molecule has 2 aromatic carbocycles. The average molecular weight is 448 g/mol. The monoisotopic (exact) mass is 448 g/mol. The first-order valence-corrected chi connectivity index (χ1v) is 10.4. The summed E-state index contributed by atoms with van der Waals surface area (Å²) in [7, 11) is 0. The summed E-state index contributed by atoms with van der Waals surface area (Å²) < 4.78 is 54.6. The zero-order valence-electron chi connectivity index (χ0n) is 18.0. The maximum absolute atomic E-state index is 14.5. The molecule has 0 spiro atoms. The Morgan fingerprint density at radius 1 is 1.12 bits per heavy atom. The fourth-order valence-electron chi connectivity index (χ4n) is 4.02. The molecule has 2 N–H and O–H groups in total. The van der Waals surface area contributed by atoms with Crippen LogP contribution < -0.4 is 0 Å². The molecule has 0 atom stereocenters. The average Bonchev–Trinajstić information content (AvgIpc) is 3.38. The van der Waals surface area contributed by atoms with Gasteiger partial charge in [-0.25, -0.2) is 9.37 Å². The van der Waals surface area contributed by atoms with Gasteiger partial charge in [0.25, 0.3) is 0 Å². The Hall–Kier alpha value is -2.90. The number of aromatic amines is 1. The van der Waals surface area contributed by atoms with Crippen LogP contribution >= 0.6 is 0 Å². The highest BCUT2D eigenvalue weighted by molar-refractivity contribution is 5.85. The molecule has 4 nitrogen and oxygen atoms in total. The molecule has 1 heterocycles. The number of phenols is 1. The SMILES string of the molecule is CC(C)(C)c1cc(F)c(CC(=O)Cc2ccc3nc(C4(C(F)(F)F)CC4)[nH]c3c2)cc1O. The number of Topliss-reactive ketones (excluding diaryl/α,β-unsaturated/α-hetero) is 1. The number of H-pyrrole nitrogens is 1. The Balaban J connectivity index is 1.52. The van der Waals surface area contributed by atoms with E-state index in [0.29, 0.717) is 22.2 Å². The van der Waals surface area contributed by atoms with Crippen molar-refractivity contribution >= 4 is 16.8 Å². The van der Waals surface area contributed by atoms with Gasteiger partial charge < -0.3 is 10.1 Å². The van der Waals surface area contributed by atoms with Crippen LogP contribution in [0.15, 0.2) is 30.3 Å². The zero-order chi connectivity index (χ0) is 23.5. The van der Waals surface area contributed by atoms with Crippen LogP contribution in [0.25, 0.3) is 11.0 Å². The first-order valence-electron chi connectivity index (χ1n) is 10.4. The molecule has 0 saturated heterocycles. The summed E-state index contributed by atoms with van der Waals surface area (Å²) >= 11 is 0. The summed E-state index contributed by atoms with van der Waals surface area (Å²) in [6.07, 6.45) is -4.57. The first kappa shape index (κ1) is 22.3. The number of aromatic nitrogens is 2. The molecule has 0 bridgehead atoms. The summed E-state index contributed by atoms with van der Waals surface area (Å²) in [6, 6.07) is 7.35. The van der Waals surface area contributed by atoms with E-state index in [4.69, 9.17) is 0 Å². The number of nitrogens with zero attached hydrogens (tertiary/aromatic N) is 1. The number of phenolic OH excluding ortho intramolecular Hbond substituents is 1. The van der Waals surface area contributed by atoms with Gasteiger partial charge in [0.1, 0.15) is 28.6 Å². The van der Waals surface area contributed by atoms with Crippen LogP contribution in [0.4, 0.5) is 17.6 Å². The van der Waals surface area contributed by atoms with E-state index in [1.807, 2.05) is 20.8 Å². The van der Waals surface area contributed by atoms with Gasteiger partial charge in [0.2, 0.25) is 0 Å². The molecule has 1 aliphatic carbocycles. The largest absolute Gasteiger partial charge is 0.508 e. The van der Waals surface area contributed by atoms with Gasteiger partial charge >= 0.3 is 6.18 Å². The number of carbonyl (C=O) groups excluding carboxylic acids is 1. The van der Waals surface area contributed by atoms with Crippen molar-refractivity contribution in [3.63, 3.8) is 0 Å². The van der Waals surface area contributed by atoms with E-state index in [-0.39, 0.29) is 48.6 Å². The molecule has 8 heteroatoms. The smallest absolute Gasteiger partial charge is 0.401 e. The molecule has 1 aliphatic rings. The molecular formula is C24H24F4N2O2. The van der Waals surface area contributed by atoms with Crippen LogP contribution in [0.3, 0.4) is 0 Å². The lowest BCUT2D eigenvalue weighted by atomic mass is 9.85. The van der Waals surface area contributed by atoms with Gasteiger partial charge in [-0.05, 0) is 53.6 Å². The molecule has 4 rings (SSSR count). The summed E-state index contributed by atoms with van der Waals surface area (Å²) in [4.78, 5) is 19.4. The second-order valence-corrected chi connectivity index (χ2v) is 9.62. The second-order valence-electron chi connectivity index (χ2n) is 9.62. The maximum Gasteiger partial charge on any atom is 0.401 e. The predicted octanol–water partition coefficient (Wildman–Crippen LogP) is 5.65. The molecule has 0 aliphatic heterocycles. The van der Waals surface area contributed by atoms with E-state index >= 15 is 0 Å². The third-order valence-electron chi connectivity index (χ3n) is 6.05. The quantitative estimate of drug-likeness (QED) is 0.496. The van der Waals surface area contributed by atoms with Gasteiger partial charge in [-0.2, -0.15) is 13.2 Å². The normalized spacial score (nSPS) is 15.8. The van der Waals surface area contributed by atoms with E-state index in [0.717, 1.165) is 0 Å². The number of halogens is 4. The van der Waals surface area contributed by atoms with Crippen molar-refractivity contribution in [2.45, 2.75) is 63.5 Å². The van der Waals surface area contributed by atoms with Crippen LogP contribution in [-0.2, 0) is 28.5 Å². The number of fused-ring (bicyclic) bond motifs is 1. The number of benzene rings is 2. The Labute approximate surface area is 182 Å². The minimum Gasteiger partial charge on any atom is -0.508 e. The summed E-state index contributed by atoms with van der Waals surface area (Å²) in [6.45, 7) is 5.55. The predicted molar refractivity (Wildman–Crippen MR) is 112 cm³/mol. The molecule has 1 fully saturated rings. The van der Waals surface area contributed by atoms with Crippen molar-refractivity contribution in [1.82, 2.24) is 9.97 Å². The number of alkyl halides is 3. The lowest BCUT2D eigenvalue weighted by molar-refractivity contribution is -0.162. The van der Waals surface area contributed by atoms with Crippen molar-refractivity contribution in [3.05, 3.63) is 58.7 Å². The number of hydrogen-bond acceptors (Lipinski definition) is 3. The number of imidazole rings is 1. The number of hydrogen-bond donors (Lipinski definition) is 2. The standard InChI is InChI=1S/C24H24F4N2O2/c1-22(2,3)16-12-17(25)14(11-20(16)32)10-15(31)8-13-4-5-18-19(9-13)30-21(29-18)23(6-7-23)24(26,27)28/h4-5,9,11-12,32H,6-8,10H2,1-3H3,(H,29,30). The van der Waals surface area contributed by atoms with Gasteiger partial charge in [-0.1, -0.05) is 26.8 Å². The van der Waals surface area contributed by atoms with Crippen molar-refractivity contribution in [2.24, 2.45) is 0 Å². The Bertz CT molecular complexity index is 1200. The van der Waals surface area contributed by atoms with Gasteiger partial charge in [0.05, 0.1) is 11.0 Å². The maximum atomic E-state index is 14.5. The summed E-state index contributed by atoms with van der Waals surface area (Å²) in [5.74, 6) is -0.997. The molecule has 1 saturated carbocycles. The van der Waals surface area contributed by atoms with Gasteiger partial charge in [-0.15, -0.1) is 0 Å². The first-order chi connectivity index (χ1) is 14.8. The van der Waals surface area contributed by atoms with E-state index in [9.17, 15) is 27.5 Å². The zero-order valence-corrected chi connectivity index (χ0v) is 18.0. The number of ketones is 1. The van der Waals surface area contributed by atoms with Gasteiger partial charge in [-0.3, -0.25) is 4.79 Å². The molecule has 170 valence electrons. The Morgan fingerprint density at radius 2 is 1.81 bits per heavy atom. The number of aromatic hydroxyl groups is 1. The van der Waals surface area contributed by atoms with E-state index in [1.54, 1.807) is 18.2 Å². The molecule has 32 heavy (non-hydrogen) atoms. The van der Waals surface area contributed by atoms with E-state index < -0.39 is 22.8 Å². The van der Waals surface area contributed by atoms with Crippen molar-refractivity contribution in [1.29, 1.82) is 0 Å². The van der Waals surface area contributed by atoms with Gasteiger partial charge in [0, 0.05) is 18.4 Å². The highest BCUT2D eigenvalue weighted by atomic mass is 19.4. The molecule has 0 radical (unpaired) electrons. The third-order valence-corrected chi connectivity index (χ3v) is 6.05. The lowest BCUT2D eigenvalue weighted by Crippen LogP contribution is -2.29. The van der Waals surface area contributed by atoms with Crippen molar-refractivity contribution < 1.29 is 27.5 Å². The molecular weight excluding hydrogens is 424 g/mol. The summed E-state index contributed by atoms with van der Waals surface area (Å²) in [5.41, 5.74) is -0.368. The van der Waals surface area contributed by atoms with Crippen LogP contribution in [0, 0.1) is 5.82 Å². The minimum absolute atomic E-state index is 0.00801. The summed E-state index contributed by atoms with van der Waals surface area (Å²) in [5, 5.41) is 10.2. The molecule has 1 aromatic heterocycles. The topological polar surface area (TPSA) is 66.0 Å². The van der Waals surface area contributed by atoms with Crippen molar-refractivity contribution in [2.75, 3.05) is 0 Å². The van der Waals surface area contributed by atoms with Crippen LogP contribution in [0.5, 0.6) is 5.75 Å². The number of carbonyl (C=O) groups is 1. The third kappa shape index (κ3) is 3.98. The van der Waals surface area contributed by atoms with Crippen molar-refractivity contribution in [3.8, 4) is 5.75 Å². The van der Waals surface area contributed by atoms with Crippen LogP contribution in [0.1, 0.15) is 56.1 Å². The van der Waals surface area contributed by atoms with E-state index in [1.165, 1.54) is 12.1 Å². The lowest BCUT2D eigenvalue weighted by Gasteiger charge is -2.21. The fourth-order valence-corrected chi connectivity index (χ4v) is 4.02. The van der Waals surface area contributed by atoms with Crippen LogP contribution in [-0.4, -0.2) is 27.0 Å². The number of rotatable bonds is 5. The Kier molecular flexibility index (Phi) is 5.10. The Morgan fingerprint density at radius 3 is 2.41 bits per heavy atom. The second kappa shape index (κ2) is 7.32. The highest BCUT2D eigenvalue weighted by Gasteiger charge is 2.66. The van der Waals surface area contributed by atoms with Gasteiger partial charge in [0.15, 0.2) is 0 Å². The fraction of sp³-hybridized carbons (Fsp3) is 0.417. The molecule has 3 aromatic rings. The number of nitrogens with one attached hydrogen (secondary N) is 1. The van der Waals surface area contributed by atoms with E-state index in [2.05, 4.69) is 9.97 Å². The minimum atomic E-state index is -4.36.